The van der Waals surface area contributed by atoms with E-state index in [4.69, 9.17) is 4.74 Å². The first-order valence-electron chi connectivity index (χ1n) is 8.15. The summed E-state index contributed by atoms with van der Waals surface area (Å²) in [6.45, 7) is 8.10. The van der Waals surface area contributed by atoms with Gasteiger partial charge in [-0.05, 0) is 39.8 Å². The minimum atomic E-state index is -0.596. The van der Waals surface area contributed by atoms with Crippen molar-refractivity contribution in [3.05, 3.63) is 45.4 Å². The lowest BCUT2D eigenvalue weighted by molar-refractivity contribution is -0.122. The number of carbonyl (C=O) groups excluding carboxylic acids is 2. The van der Waals surface area contributed by atoms with Gasteiger partial charge in [-0.1, -0.05) is 17.7 Å². The van der Waals surface area contributed by atoms with E-state index in [1.807, 2.05) is 38.1 Å². The highest BCUT2D eigenvalue weighted by atomic mass is 32.1. The molecule has 25 heavy (non-hydrogen) atoms. The Morgan fingerprint density at radius 3 is 2.56 bits per heavy atom. The van der Waals surface area contributed by atoms with E-state index in [2.05, 4.69) is 15.6 Å². The lowest BCUT2D eigenvalue weighted by atomic mass is 10.2. The predicted molar refractivity (Wildman–Crippen MR) is 98.0 cm³/mol. The van der Waals surface area contributed by atoms with Crippen LogP contribution in [0, 0.1) is 13.8 Å². The average molecular weight is 361 g/mol. The molecule has 0 spiro atoms. The number of rotatable bonds is 7. The molecule has 0 aliphatic heterocycles. The van der Waals surface area contributed by atoms with Gasteiger partial charge in [0.05, 0.1) is 5.69 Å². The molecule has 1 heterocycles. The van der Waals surface area contributed by atoms with Crippen LogP contribution >= 0.6 is 11.3 Å². The van der Waals surface area contributed by atoms with Gasteiger partial charge in [0.25, 0.3) is 5.91 Å². The molecule has 1 atom stereocenters. The first-order chi connectivity index (χ1) is 11.9. The Hall–Kier alpha value is -2.41. The summed E-state index contributed by atoms with van der Waals surface area (Å²) >= 11 is 1.28. The van der Waals surface area contributed by atoms with Gasteiger partial charge in [0.2, 0.25) is 5.91 Å². The molecule has 0 saturated carbocycles. The molecule has 1 aromatic carbocycles. The number of aromatic nitrogens is 1. The monoisotopic (exact) mass is 361 g/mol. The number of amides is 2. The van der Waals surface area contributed by atoms with Crippen molar-refractivity contribution >= 4 is 23.2 Å². The lowest BCUT2D eigenvalue weighted by Gasteiger charge is -2.12. The van der Waals surface area contributed by atoms with Crippen LogP contribution in [0.5, 0.6) is 5.75 Å². The van der Waals surface area contributed by atoms with E-state index < -0.39 is 6.04 Å². The molecule has 0 fully saturated rings. The maximum atomic E-state index is 12.3. The maximum absolute atomic E-state index is 12.3. The van der Waals surface area contributed by atoms with E-state index >= 15 is 0 Å². The number of thiazole rings is 1. The topological polar surface area (TPSA) is 80.3 Å². The summed E-state index contributed by atoms with van der Waals surface area (Å²) in [7, 11) is 0. The first-order valence-corrected chi connectivity index (χ1v) is 8.96. The Morgan fingerprint density at radius 1 is 1.24 bits per heavy atom. The molecule has 2 rings (SSSR count). The second-order valence-electron chi connectivity index (χ2n) is 5.71. The van der Waals surface area contributed by atoms with Gasteiger partial charge in [-0.15, -0.1) is 11.3 Å². The molecule has 0 unspecified atom stereocenters. The molecule has 0 radical (unpaired) electrons. The highest BCUT2D eigenvalue weighted by Crippen LogP contribution is 2.20. The van der Waals surface area contributed by atoms with E-state index in [0.717, 1.165) is 11.3 Å². The molecule has 2 aromatic rings. The van der Waals surface area contributed by atoms with Gasteiger partial charge in [0.1, 0.15) is 28.3 Å². The summed E-state index contributed by atoms with van der Waals surface area (Å²) in [5.74, 6) is 0.255. The number of benzene rings is 1. The molecule has 0 aliphatic rings. The van der Waals surface area contributed by atoms with E-state index in [-0.39, 0.29) is 11.8 Å². The molecular formula is C18H23N3O3S. The van der Waals surface area contributed by atoms with Crippen LogP contribution in [0.3, 0.4) is 0 Å². The Balaban J connectivity index is 1.97. The van der Waals surface area contributed by atoms with Crippen molar-refractivity contribution in [3.8, 4) is 5.75 Å². The van der Waals surface area contributed by atoms with Gasteiger partial charge in [-0.25, -0.2) is 4.98 Å². The smallest absolute Gasteiger partial charge is 0.263 e. The number of nitrogens with one attached hydrogen (secondary N) is 2. The summed E-state index contributed by atoms with van der Waals surface area (Å²) in [4.78, 5) is 29.0. The number of likely N-dealkylation sites (N-methyl/N-ethyl adjacent to an activating group) is 1. The highest BCUT2D eigenvalue weighted by molar-refractivity contribution is 7.13. The van der Waals surface area contributed by atoms with Gasteiger partial charge >= 0.3 is 0 Å². The highest BCUT2D eigenvalue weighted by Gasteiger charge is 2.20. The fourth-order valence-corrected chi connectivity index (χ4v) is 3.04. The van der Waals surface area contributed by atoms with Crippen molar-refractivity contribution in [1.29, 1.82) is 0 Å². The number of aryl methyl sites for hydroxylation is 2. The third kappa shape index (κ3) is 5.29. The van der Waals surface area contributed by atoms with Crippen molar-refractivity contribution in [1.82, 2.24) is 15.6 Å². The van der Waals surface area contributed by atoms with Gasteiger partial charge < -0.3 is 15.4 Å². The van der Waals surface area contributed by atoms with Crippen LogP contribution in [-0.2, 0) is 11.4 Å². The van der Waals surface area contributed by atoms with E-state index in [0.29, 0.717) is 28.7 Å². The number of ether oxygens (including phenoxy) is 1. The van der Waals surface area contributed by atoms with Crippen LogP contribution in [0.4, 0.5) is 0 Å². The van der Waals surface area contributed by atoms with Gasteiger partial charge in [-0.3, -0.25) is 9.59 Å². The SMILES string of the molecule is CCNC(=O)[C@H](C)NC(=O)c1sc(COc2ccc(C)cc2)nc1C. The van der Waals surface area contributed by atoms with E-state index in [1.54, 1.807) is 13.8 Å². The van der Waals surface area contributed by atoms with Gasteiger partial charge in [0, 0.05) is 6.54 Å². The Morgan fingerprint density at radius 2 is 1.92 bits per heavy atom. The molecule has 0 bridgehead atoms. The molecule has 134 valence electrons. The van der Waals surface area contributed by atoms with E-state index in [9.17, 15) is 9.59 Å². The maximum Gasteiger partial charge on any atom is 0.263 e. The van der Waals surface area contributed by atoms with E-state index in [1.165, 1.54) is 11.3 Å². The number of hydrogen-bond acceptors (Lipinski definition) is 5. The minimum Gasteiger partial charge on any atom is -0.486 e. The summed E-state index contributed by atoms with van der Waals surface area (Å²) in [5, 5.41) is 6.09. The Kier molecular flexibility index (Phi) is 6.52. The van der Waals surface area contributed by atoms with Crippen molar-refractivity contribution in [3.63, 3.8) is 0 Å². The quantitative estimate of drug-likeness (QED) is 0.794. The van der Waals surface area contributed by atoms with Gasteiger partial charge in [-0.2, -0.15) is 0 Å². The summed E-state index contributed by atoms with van der Waals surface area (Å²) in [5.41, 5.74) is 1.80. The average Bonchev–Trinajstić information content (AvgIpc) is 2.95. The summed E-state index contributed by atoms with van der Waals surface area (Å²) in [6, 6.07) is 7.16. The fraction of sp³-hybridized carbons (Fsp3) is 0.389. The molecule has 2 amide bonds. The zero-order chi connectivity index (χ0) is 18.4. The van der Waals surface area contributed by atoms with Crippen LogP contribution in [0.1, 0.15) is 39.8 Å². The van der Waals surface area contributed by atoms with Crippen molar-refractivity contribution in [2.24, 2.45) is 0 Å². The second-order valence-corrected chi connectivity index (χ2v) is 6.80. The van der Waals surface area contributed by atoms with Crippen molar-refractivity contribution in [2.45, 2.75) is 40.3 Å². The van der Waals surface area contributed by atoms with Gasteiger partial charge in [0.15, 0.2) is 0 Å². The molecule has 2 N–H and O–H groups in total. The molecular weight excluding hydrogens is 338 g/mol. The molecule has 6 nitrogen and oxygen atoms in total. The zero-order valence-corrected chi connectivity index (χ0v) is 15.7. The van der Waals surface area contributed by atoms with Crippen molar-refractivity contribution in [2.75, 3.05) is 6.54 Å². The molecule has 0 aliphatic carbocycles. The zero-order valence-electron chi connectivity index (χ0n) is 14.9. The molecule has 7 heteroatoms. The second kappa shape index (κ2) is 8.62. The Labute approximate surface area is 151 Å². The third-order valence-corrected chi connectivity index (χ3v) is 4.65. The largest absolute Gasteiger partial charge is 0.486 e. The number of nitrogens with zero attached hydrogens (tertiary/aromatic N) is 1. The van der Waals surface area contributed by atoms with Crippen LogP contribution in [-0.4, -0.2) is 29.4 Å². The third-order valence-electron chi connectivity index (χ3n) is 3.52. The van der Waals surface area contributed by atoms with Crippen LogP contribution in [0.15, 0.2) is 24.3 Å². The Bertz CT molecular complexity index is 741. The summed E-state index contributed by atoms with van der Waals surface area (Å²) in [6.07, 6.45) is 0. The van der Waals surface area contributed by atoms with Crippen molar-refractivity contribution < 1.29 is 14.3 Å². The first kappa shape index (κ1) is 18.9. The normalized spacial score (nSPS) is 11.7. The van der Waals surface area contributed by atoms with Crippen LogP contribution in [0.2, 0.25) is 0 Å². The standard InChI is InChI=1S/C18H23N3O3S/c1-5-19-17(22)13(4)21-18(23)16-12(3)20-15(25-16)10-24-14-8-6-11(2)7-9-14/h6-9,13H,5,10H2,1-4H3,(H,19,22)(H,21,23)/t13-/m0/s1. The number of carbonyl (C=O) groups is 2. The molecule has 1 aromatic heterocycles. The van der Waals surface area contributed by atoms with Crippen LogP contribution < -0.4 is 15.4 Å². The molecule has 0 saturated heterocycles. The fourth-order valence-electron chi connectivity index (χ4n) is 2.16. The minimum absolute atomic E-state index is 0.207. The lowest BCUT2D eigenvalue weighted by Crippen LogP contribution is -2.44. The van der Waals surface area contributed by atoms with Crippen LogP contribution in [0.25, 0.3) is 0 Å². The predicted octanol–water partition coefficient (Wildman–Crippen LogP) is 2.59. The summed E-state index contributed by atoms with van der Waals surface area (Å²) < 4.78 is 5.70. The number of hydrogen-bond donors (Lipinski definition) is 2.